The molecule has 4 heteroatoms. The molecule has 0 saturated heterocycles. The number of rotatable bonds is 4. The number of hydrogen-bond acceptors (Lipinski definition) is 0. The van der Waals surface area contributed by atoms with Gasteiger partial charge in [-0.05, 0) is 235 Å². The molecular formula is C82H100N4+4. The Kier molecular flexibility index (Phi) is 12.6. The highest BCUT2D eigenvalue weighted by molar-refractivity contribution is 5.67. The molecule has 16 rings (SSSR count). The van der Waals surface area contributed by atoms with E-state index in [2.05, 4.69) is 215 Å². The molecule has 0 amide bonds. The van der Waals surface area contributed by atoms with Gasteiger partial charge in [-0.1, -0.05) is 112 Å². The van der Waals surface area contributed by atoms with Gasteiger partial charge in [0.05, 0.1) is 0 Å². The van der Waals surface area contributed by atoms with E-state index in [1.54, 1.807) is 34.4 Å². The summed E-state index contributed by atoms with van der Waals surface area (Å²) in [6.45, 7) is 27.3. The van der Waals surface area contributed by atoms with Crippen molar-refractivity contribution in [1.29, 1.82) is 0 Å². The largest absolute Gasteiger partial charge is 0.212 e. The quantitative estimate of drug-likeness (QED) is 0.156. The number of fused-ring (bicyclic) bond motifs is 20. The Hall–Kier alpha value is -6.52. The zero-order valence-electron chi connectivity index (χ0n) is 61.1. The van der Waals surface area contributed by atoms with Gasteiger partial charge in [-0.15, -0.1) is 0 Å². The van der Waals surface area contributed by atoms with Crippen LogP contribution in [0.1, 0.15) is 238 Å². The fraction of sp³-hybridized carbons (Fsp3) is 0.463. The molecule has 86 heavy (non-hydrogen) atoms. The number of pyridine rings is 4. The summed E-state index contributed by atoms with van der Waals surface area (Å²) in [5, 5.41) is 0. The van der Waals surface area contributed by atoms with Crippen molar-refractivity contribution in [2.24, 2.45) is 39.0 Å². The lowest BCUT2D eigenvalue weighted by molar-refractivity contribution is -0.661. The molecule has 0 N–H and O–H groups in total. The third-order valence-corrected chi connectivity index (χ3v) is 24.0. The topological polar surface area (TPSA) is 15.5 Å². The van der Waals surface area contributed by atoms with Gasteiger partial charge in [0, 0.05) is 87.8 Å². The van der Waals surface area contributed by atoms with E-state index in [0.29, 0.717) is 28.7 Å². The molecule has 8 atom stereocenters. The van der Waals surface area contributed by atoms with E-state index in [1.165, 1.54) is 110 Å². The number of hydrogen-bond donors (Lipinski definition) is 0. The van der Waals surface area contributed by atoms with Gasteiger partial charge in [0.1, 0.15) is 28.2 Å². The molecule has 444 valence electrons. The lowest BCUT2D eigenvalue weighted by Gasteiger charge is -2.34. The summed E-state index contributed by atoms with van der Waals surface area (Å²) in [5.41, 5.74) is 31.1. The molecule has 8 bridgehead atoms. The summed E-state index contributed by atoms with van der Waals surface area (Å²) < 4.78 is 58.4. The van der Waals surface area contributed by atoms with Crippen molar-refractivity contribution in [2.45, 2.75) is 207 Å². The second-order valence-corrected chi connectivity index (χ2v) is 29.7. The van der Waals surface area contributed by atoms with Crippen LogP contribution in [0.15, 0.2) is 122 Å². The lowest BCUT2D eigenvalue weighted by atomic mass is 9.69. The average molecular weight is 1150 g/mol. The lowest BCUT2D eigenvalue weighted by Crippen LogP contribution is -2.36. The van der Waals surface area contributed by atoms with E-state index >= 15 is 0 Å². The summed E-state index contributed by atoms with van der Waals surface area (Å²) in [6.07, 6.45) is 20.2. The first-order valence-electron chi connectivity index (χ1n) is 35.6. The van der Waals surface area contributed by atoms with E-state index in [1.807, 2.05) is 30.8 Å². The van der Waals surface area contributed by atoms with Crippen molar-refractivity contribution in [3.05, 3.63) is 211 Å². The van der Waals surface area contributed by atoms with Crippen molar-refractivity contribution in [3.63, 3.8) is 0 Å². The Bertz CT molecular complexity index is 4380. The monoisotopic (exact) mass is 1150 g/mol. The molecule has 8 aromatic rings. The van der Waals surface area contributed by atoms with Crippen LogP contribution in [0.25, 0.3) is 45.0 Å². The highest BCUT2D eigenvalue weighted by Gasteiger charge is 2.62. The maximum absolute atomic E-state index is 9.29. The predicted octanol–water partition coefficient (Wildman–Crippen LogP) is 18.3. The van der Waals surface area contributed by atoms with Crippen molar-refractivity contribution < 1.29 is 26.5 Å². The van der Waals surface area contributed by atoms with Crippen molar-refractivity contribution >= 4 is 0 Å². The standard InChI is InChI=1S/2C22H28N.2C19H22N/c2*1-14-7-8-16(15(2)11-14)20-12-17-18-9-10-22(5,21(18,3)4)19(17)13-23(20)6;2*1-12-4-7-16(13(2)8-12)19-10-17-14-5-6-15(9-14)18(17)11-20(19)3/h2*7-8,11-13,18H,9-10H2,1-6H3;2*4,7-8,10-11,14-15H,5-6,9H2,1-3H3/q4*+1/i18D;;1D3,14D,15D;. The van der Waals surface area contributed by atoms with Crippen LogP contribution in [0, 0.1) is 66.1 Å². The first-order chi connectivity index (χ1) is 43.0. The van der Waals surface area contributed by atoms with Crippen LogP contribution in [-0.2, 0) is 39.0 Å². The molecule has 4 nitrogen and oxygen atoms in total. The van der Waals surface area contributed by atoms with Gasteiger partial charge in [-0.2, -0.15) is 0 Å². The smallest absolute Gasteiger partial charge is 0.201 e. The summed E-state index contributed by atoms with van der Waals surface area (Å²) in [6, 6.07) is 34.8. The molecule has 4 aromatic carbocycles. The van der Waals surface area contributed by atoms with Gasteiger partial charge < -0.3 is 0 Å². The van der Waals surface area contributed by atoms with Gasteiger partial charge in [0.25, 0.3) is 0 Å². The zero-order valence-corrected chi connectivity index (χ0v) is 55.1. The summed E-state index contributed by atoms with van der Waals surface area (Å²) >= 11 is 0. The number of aromatic nitrogens is 4. The highest BCUT2D eigenvalue weighted by Crippen LogP contribution is 2.69. The minimum atomic E-state index is -2.11. The molecule has 0 aliphatic heterocycles. The molecule has 4 heterocycles. The third kappa shape index (κ3) is 9.24. The van der Waals surface area contributed by atoms with Crippen molar-refractivity contribution in [1.82, 2.24) is 0 Å². The highest BCUT2D eigenvalue weighted by atomic mass is 14.9. The van der Waals surface area contributed by atoms with Gasteiger partial charge >= 0.3 is 0 Å². The van der Waals surface area contributed by atoms with Crippen LogP contribution in [0.3, 0.4) is 0 Å². The molecule has 8 unspecified atom stereocenters. The van der Waals surface area contributed by atoms with Crippen molar-refractivity contribution in [2.75, 3.05) is 0 Å². The van der Waals surface area contributed by atoms with E-state index in [-0.39, 0.29) is 10.8 Å². The molecule has 0 radical (unpaired) electrons. The fourth-order valence-electron chi connectivity index (χ4n) is 18.2. The molecular weight excluding hydrogens is 1040 g/mol. The Morgan fingerprint density at radius 3 is 1.29 bits per heavy atom. The number of aryl methyl sites for hydroxylation is 12. The second kappa shape index (κ2) is 21.1. The maximum Gasteiger partial charge on any atom is 0.212 e. The predicted molar refractivity (Wildman–Crippen MR) is 355 cm³/mol. The summed E-state index contributed by atoms with van der Waals surface area (Å²) in [4.78, 5) is 0. The summed E-state index contributed by atoms with van der Waals surface area (Å²) in [5.74, 6) is 0.669. The zero-order chi connectivity index (χ0) is 66.1. The van der Waals surface area contributed by atoms with Crippen LogP contribution in [-0.4, -0.2) is 0 Å². The van der Waals surface area contributed by atoms with Gasteiger partial charge in [-0.25, -0.2) is 18.3 Å². The molecule has 4 saturated carbocycles. The van der Waals surface area contributed by atoms with Crippen LogP contribution in [0.4, 0.5) is 0 Å². The van der Waals surface area contributed by atoms with Crippen molar-refractivity contribution in [3.8, 4) is 45.0 Å². The molecule has 8 aliphatic rings. The van der Waals surface area contributed by atoms with Gasteiger partial charge in [0.2, 0.25) is 22.8 Å². The number of benzene rings is 4. The fourth-order valence-corrected chi connectivity index (χ4v) is 18.2. The maximum atomic E-state index is 9.29. The molecule has 8 aliphatic carbocycles. The van der Waals surface area contributed by atoms with Gasteiger partial charge in [0.15, 0.2) is 24.8 Å². The first kappa shape index (κ1) is 51.5. The molecule has 0 spiro atoms. The Morgan fingerprint density at radius 1 is 0.384 bits per heavy atom. The van der Waals surface area contributed by atoms with E-state index in [0.717, 1.165) is 65.5 Å². The van der Waals surface area contributed by atoms with E-state index < -0.39 is 24.5 Å². The Balaban J connectivity index is 0.000000112. The molecule has 4 aromatic heterocycles. The van der Waals surface area contributed by atoms with Crippen LogP contribution >= 0.6 is 0 Å². The number of nitrogens with zero attached hydrogens (tertiary/aromatic N) is 4. The minimum absolute atomic E-state index is 0.0176. The Labute approximate surface area is 526 Å². The first-order valence-corrected chi connectivity index (χ1v) is 32.6. The molecule has 4 fully saturated rings. The average Bonchev–Trinajstić information content (AvgIpc) is 1.53. The van der Waals surface area contributed by atoms with Gasteiger partial charge in [-0.3, -0.25) is 0 Å². The minimum Gasteiger partial charge on any atom is -0.201 e. The van der Waals surface area contributed by atoms with E-state index in [9.17, 15) is 1.37 Å². The van der Waals surface area contributed by atoms with Crippen LogP contribution in [0.2, 0.25) is 0 Å². The summed E-state index contributed by atoms with van der Waals surface area (Å²) in [7, 11) is 8.50. The van der Waals surface area contributed by atoms with E-state index in [4.69, 9.17) is 6.85 Å². The Morgan fingerprint density at radius 2 is 0.779 bits per heavy atom. The normalized spacial score (nSPS) is 29.1. The van der Waals surface area contributed by atoms with Crippen LogP contribution < -0.4 is 18.3 Å². The van der Waals surface area contributed by atoms with Crippen LogP contribution in [0.5, 0.6) is 0 Å². The SMILES string of the molecule is Cc1ccc(-c2cc3c(c[n+]2C)C2(C)CCC3C2(C)C)c(C)c1.Cc1ccc(-c2cc3c(c[n+]2C)C2CCC3C2)c(C)c1.[2H]C([2H])([2H])c1ccc(-c2cc3c(c[n+]2C)C2([2H])CCC3([2H])C2)c(C)c1.[2H]C12CCC(C)(c3c[n+](C)c(-c4ccc(C)cc4C)cc31)C2(C)C. The second-order valence-electron chi connectivity index (χ2n) is 29.7. The third-order valence-electron chi connectivity index (χ3n) is 24.0.